The first-order chi connectivity index (χ1) is 10.6. The Kier molecular flexibility index (Phi) is 4.09. The van der Waals surface area contributed by atoms with Crippen LogP contribution < -0.4 is 10.2 Å². The van der Waals surface area contributed by atoms with E-state index in [0.717, 1.165) is 30.8 Å². The van der Waals surface area contributed by atoms with Crippen LogP contribution in [-0.4, -0.2) is 18.5 Å². The van der Waals surface area contributed by atoms with Gasteiger partial charge in [0.25, 0.3) is 0 Å². The molecule has 22 heavy (non-hydrogen) atoms. The Morgan fingerprint density at radius 3 is 2.68 bits per heavy atom. The van der Waals surface area contributed by atoms with Crippen molar-refractivity contribution in [1.82, 2.24) is 0 Å². The number of carbonyl (C=O) groups is 1. The molecule has 0 spiro atoms. The Morgan fingerprint density at radius 2 is 1.91 bits per heavy atom. The molecule has 1 unspecified atom stereocenters. The number of hydrogen-bond donors (Lipinski definition) is 1. The van der Waals surface area contributed by atoms with E-state index in [4.69, 9.17) is 0 Å². The van der Waals surface area contributed by atoms with Gasteiger partial charge >= 0.3 is 0 Å². The zero-order valence-corrected chi connectivity index (χ0v) is 12.6. The van der Waals surface area contributed by atoms with E-state index >= 15 is 0 Å². The van der Waals surface area contributed by atoms with Crippen molar-refractivity contribution in [2.24, 2.45) is 0 Å². The first kappa shape index (κ1) is 14.6. The lowest BCUT2D eigenvalue weighted by molar-refractivity contribution is -0.119. The van der Waals surface area contributed by atoms with Crippen molar-refractivity contribution < 1.29 is 9.18 Å². The van der Waals surface area contributed by atoms with Gasteiger partial charge in [-0.2, -0.15) is 0 Å². The number of nitrogens with zero attached hydrogens (tertiary/aromatic N) is 1. The zero-order valence-electron chi connectivity index (χ0n) is 12.6. The van der Waals surface area contributed by atoms with E-state index in [1.165, 1.54) is 17.7 Å². The quantitative estimate of drug-likeness (QED) is 0.939. The van der Waals surface area contributed by atoms with Gasteiger partial charge in [-0.3, -0.25) is 4.79 Å². The zero-order chi connectivity index (χ0) is 15.5. The predicted octanol–water partition coefficient (Wildman–Crippen LogP) is 3.61. The maximum Gasteiger partial charge on any atom is 0.249 e. The summed E-state index contributed by atoms with van der Waals surface area (Å²) in [6.45, 7) is 2.58. The lowest BCUT2D eigenvalue weighted by atomic mass is 10.0. The molecule has 0 saturated heterocycles. The number of carbonyl (C=O) groups excluding carboxylic acids is 1. The SMILES string of the molecule is CC(Nc1ccc(F)cc1)C(=O)N1CCCc2ccccc21. The summed E-state index contributed by atoms with van der Waals surface area (Å²) < 4.78 is 12.9. The topological polar surface area (TPSA) is 32.3 Å². The summed E-state index contributed by atoms with van der Waals surface area (Å²) in [5.74, 6) is -0.244. The second kappa shape index (κ2) is 6.18. The van der Waals surface area contributed by atoms with Crippen LogP contribution >= 0.6 is 0 Å². The number of nitrogens with one attached hydrogen (secondary N) is 1. The van der Waals surface area contributed by atoms with Crippen LogP contribution in [0.25, 0.3) is 0 Å². The second-order valence-electron chi connectivity index (χ2n) is 5.60. The van der Waals surface area contributed by atoms with Crippen LogP contribution in [0.3, 0.4) is 0 Å². The molecule has 2 aromatic rings. The van der Waals surface area contributed by atoms with Crippen LogP contribution in [0.15, 0.2) is 48.5 Å². The summed E-state index contributed by atoms with van der Waals surface area (Å²) in [7, 11) is 0. The first-order valence-electron chi connectivity index (χ1n) is 7.56. The highest BCUT2D eigenvalue weighted by atomic mass is 19.1. The van der Waals surface area contributed by atoms with E-state index in [1.807, 2.05) is 30.0 Å². The fourth-order valence-electron chi connectivity index (χ4n) is 2.85. The molecule has 0 saturated carbocycles. The van der Waals surface area contributed by atoms with Gasteiger partial charge in [0, 0.05) is 17.9 Å². The minimum absolute atomic E-state index is 0.0384. The summed E-state index contributed by atoms with van der Waals surface area (Å²) >= 11 is 0. The van der Waals surface area contributed by atoms with Crippen molar-refractivity contribution in [2.75, 3.05) is 16.8 Å². The molecule has 4 heteroatoms. The normalized spacial score (nSPS) is 15.1. The molecule has 1 aliphatic rings. The number of benzene rings is 2. The lowest BCUT2D eigenvalue weighted by Gasteiger charge is -2.31. The molecule has 1 aliphatic heterocycles. The van der Waals surface area contributed by atoms with Crippen molar-refractivity contribution >= 4 is 17.3 Å². The van der Waals surface area contributed by atoms with Crippen molar-refractivity contribution in [2.45, 2.75) is 25.8 Å². The van der Waals surface area contributed by atoms with Gasteiger partial charge in [-0.1, -0.05) is 18.2 Å². The van der Waals surface area contributed by atoms with Gasteiger partial charge in [0.1, 0.15) is 11.9 Å². The number of anilines is 2. The Hall–Kier alpha value is -2.36. The van der Waals surface area contributed by atoms with Crippen molar-refractivity contribution in [3.63, 3.8) is 0 Å². The molecule has 3 nitrogen and oxygen atoms in total. The number of aryl methyl sites for hydroxylation is 1. The molecule has 0 fully saturated rings. The maximum absolute atomic E-state index is 12.9. The second-order valence-corrected chi connectivity index (χ2v) is 5.60. The number of amides is 1. The highest BCUT2D eigenvalue weighted by Gasteiger charge is 2.25. The van der Waals surface area contributed by atoms with Crippen LogP contribution in [0, 0.1) is 5.82 Å². The molecular formula is C18H19FN2O. The average molecular weight is 298 g/mol. The number of para-hydroxylation sites is 1. The van der Waals surface area contributed by atoms with Gasteiger partial charge in [-0.25, -0.2) is 4.39 Å². The smallest absolute Gasteiger partial charge is 0.249 e. The van der Waals surface area contributed by atoms with Gasteiger partial charge in [-0.05, 0) is 55.7 Å². The summed E-state index contributed by atoms with van der Waals surface area (Å²) in [6.07, 6.45) is 1.99. The van der Waals surface area contributed by atoms with Gasteiger partial charge in [0.15, 0.2) is 0 Å². The number of hydrogen-bond acceptors (Lipinski definition) is 2. The molecule has 1 heterocycles. The molecule has 3 rings (SSSR count). The third-order valence-corrected chi connectivity index (χ3v) is 3.97. The van der Waals surface area contributed by atoms with Crippen molar-refractivity contribution in [3.8, 4) is 0 Å². The highest BCUT2D eigenvalue weighted by molar-refractivity contribution is 5.99. The van der Waals surface area contributed by atoms with Gasteiger partial charge in [0.2, 0.25) is 5.91 Å². The van der Waals surface area contributed by atoms with Gasteiger partial charge < -0.3 is 10.2 Å². The molecule has 0 aliphatic carbocycles. The predicted molar refractivity (Wildman–Crippen MR) is 86.6 cm³/mol. The van der Waals surface area contributed by atoms with Crippen LogP contribution in [0.2, 0.25) is 0 Å². The van der Waals surface area contributed by atoms with E-state index in [0.29, 0.717) is 0 Å². The molecule has 1 amide bonds. The van der Waals surface area contributed by atoms with E-state index in [1.54, 1.807) is 12.1 Å². The van der Waals surface area contributed by atoms with Crippen LogP contribution in [0.5, 0.6) is 0 Å². The number of fused-ring (bicyclic) bond motifs is 1. The summed E-state index contributed by atoms with van der Waals surface area (Å²) in [6, 6.07) is 13.7. The Morgan fingerprint density at radius 1 is 1.18 bits per heavy atom. The standard InChI is InChI=1S/C18H19FN2O/c1-13(20-16-10-8-15(19)9-11-16)18(22)21-12-4-6-14-5-2-3-7-17(14)21/h2-3,5,7-11,13,20H,4,6,12H2,1H3. The molecule has 1 atom stereocenters. The molecule has 0 aromatic heterocycles. The summed E-state index contributed by atoms with van der Waals surface area (Å²) in [5, 5.41) is 3.14. The maximum atomic E-state index is 12.9. The Balaban J connectivity index is 1.75. The Bertz CT molecular complexity index is 669. The third-order valence-electron chi connectivity index (χ3n) is 3.97. The molecule has 114 valence electrons. The van der Waals surface area contributed by atoms with Gasteiger partial charge in [-0.15, -0.1) is 0 Å². The van der Waals surface area contributed by atoms with Crippen LogP contribution in [0.4, 0.5) is 15.8 Å². The van der Waals surface area contributed by atoms with Crippen LogP contribution in [0.1, 0.15) is 18.9 Å². The summed E-state index contributed by atoms with van der Waals surface area (Å²) in [5.41, 5.74) is 2.97. The van der Waals surface area contributed by atoms with Crippen LogP contribution in [-0.2, 0) is 11.2 Å². The average Bonchev–Trinajstić information content (AvgIpc) is 2.55. The molecule has 0 radical (unpaired) electrons. The number of halogens is 1. The van der Waals surface area contributed by atoms with E-state index in [9.17, 15) is 9.18 Å². The third kappa shape index (κ3) is 2.96. The van der Waals surface area contributed by atoms with E-state index in [-0.39, 0.29) is 17.8 Å². The number of rotatable bonds is 3. The molecule has 2 aromatic carbocycles. The van der Waals surface area contributed by atoms with E-state index in [2.05, 4.69) is 11.4 Å². The van der Waals surface area contributed by atoms with Crippen molar-refractivity contribution in [3.05, 3.63) is 59.9 Å². The minimum atomic E-state index is -0.364. The van der Waals surface area contributed by atoms with Gasteiger partial charge in [0.05, 0.1) is 0 Å². The lowest BCUT2D eigenvalue weighted by Crippen LogP contribution is -2.44. The fourth-order valence-corrected chi connectivity index (χ4v) is 2.85. The Labute approximate surface area is 129 Å². The molecular weight excluding hydrogens is 279 g/mol. The first-order valence-corrected chi connectivity index (χ1v) is 7.56. The van der Waals surface area contributed by atoms with E-state index < -0.39 is 0 Å². The molecule has 1 N–H and O–H groups in total. The van der Waals surface area contributed by atoms with Crippen molar-refractivity contribution in [1.29, 1.82) is 0 Å². The largest absolute Gasteiger partial charge is 0.374 e. The monoisotopic (exact) mass is 298 g/mol. The highest BCUT2D eigenvalue weighted by Crippen LogP contribution is 2.27. The molecule has 0 bridgehead atoms. The summed E-state index contributed by atoms with van der Waals surface area (Å²) in [4.78, 5) is 14.6. The minimum Gasteiger partial charge on any atom is -0.374 e. The fraction of sp³-hybridized carbons (Fsp3) is 0.278.